The van der Waals surface area contributed by atoms with Crippen molar-refractivity contribution in [1.82, 2.24) is 10.7 Å². The standard InChI is InChI=1S/C24H29N3O4S/c1-18-4-10-22(11-5-18)32-14-12-23(28)27-26-15-19-6-8-20(9-7-19)31-17-24(29)25-16-21-3-2-13-30-21/h4-11,15,21H,2-3,12-14,16-17H2,1H3,(H,25,29)(H,27,28)/b26-15-/t21-/m1/s1. The van der Waals surface area contributed by atoms with Crippen molar-refractivity contribution in [2.45, 2.75) is 37.2 Å². The molecule has 0 saturated carbocycles. The van der Waals surface area contributed by atoms with Crippen LogP contribution in [0.15, 0.2) is 58.5 Å². The second-order valence-corrected chi connectivity index (χ2v) is 8.67. The van der Waals surface area contributed by atoms with Gasteiger partial charge in [0, 0.05) is 30.2 Å². The molecule has 1 saturated heterocycles. The highest BCUT2D eigenvalue weighted by Gasteiger charge is 2.16. The number of nitrogens with zero attached hydrogens (tertiary/aromatic N) is 1. The fourth-order valence-electron chi connectivity index (χ4n) is 3.01. The minimum absolute atomic E-state index is 0.0448. The Morgan fingerprint density at radius 1 is 1.16 bits per heavy atom. The maximum absolute atomic E-state index is 11.9. The molecule has 2 amide bonds. The van der Waals surface area contributed by atoms with Crippen molar-refractivity contribution in [1.29, 1.82) is 0 Å². The van der Waals surface area contributed by atoms with Crippen LogP contribution in [0.4, 0.5) is 0 Å². The highest BCUT2D eigenvalue weighted by molar-refractivity contribution is 7.99. The number of amides is 2. The molecule has 32 heavy (non-hydrogen) atoms. The van der Waals surface area contributed by atoms with Crippen LogP contribution in [-0.4, -0.2) is 49.6 Å². The van der Waals surface area contributed by atoms with Crippen molar-refractivity contribution in [3.8, 4) is 5.75 Å². The van der Waals surface area contributed by atoms with Crippen LogP contribution < -0.4 is 15.5 Å². The summed E-state index contributed by atoms with van der Waals surface area (Å²) < 4.78 is 11.0. The maximum atomic E-state index is 11.9. The molecule has 0 aromatic heterocycles. The number of nitrogens with one attached hydrogen (secondary N) is 2. The lowest BCUT2D eigenvalue weighted by atomic mass is 10.2. The summed E-state index contributed by atoms with van der Waals surface area (Å²) in [5, 5.41) is 6.81. The summed E-state index contributed by atoms with van der Waals surface area (Å²) in [4.78, 5) is 24.9. The number of thioether (sulfide) groups is 1. The van der Waals surface area contributed by atoms with Gasteiger partial charge in [-0.05, 0) is 61.7 Å². The van der Waals surface area contributed by atoms with Gasteiger partial charge in [0.05, 0.1) is 12.3 Å². The van der Waals surface area contributed by atoms with E-state index in [9.17, 15) is 9.59 Å². The first kappa shape index (κ1) is 23.8. The van der Waals surface area contributed by atoms with Crippen LogP contribution in [-0.2, 0) is 14.3 Å². The van der Waals surface area contributed by atoms with Gasteiger partial charge in [0.2, 0.25) is 5.91 Å². The predicted octanol–water partition coefficient (Wildman–Crippen LogP) is 3.30. The average molecular weight is 456 g/mol. The van der Waals surface area contributed by atoms with E-state index in [-0.39, 0.29) is 24.5 Å². The van der Waals surface area contributed by atoms with Crippen LogP contribution in [0.25, 0.3) is 0 Å². The van der Waals surface area contributed by atoms with Crippen LogP contribution in [0.5, 0.6) is 5.75 Å². The molecule has 0 radical (unpaired) electrons. The van der Waals surface area contributed by atoms with Crippen LogP contribution in [0.3, 0.4) is 0 Å². The molecule has 0 spiro atoms. The summed E-state index contributed by atoms with van der Waals surface area (Å²) in [6.07, 6.45) is 4.10. The summed E-state index contributed by atoms with van der Waals surface area (Å²) in [6, 6.07) is 15.4. The summed E-state index contributed by atoms with van der Waals surface area (Å²) in [5.74, 6) is 0.980. The lowest BCUT2D eigenvalue weighted by Gasteiger charge is -2.11. The molecule has 2 N–H and O–H groups in total. The number of benzene rings is 2. The lowest BCUT2D eigenvalue weighted by molar-refractivity contribution is -0.123. The molecule has 0 bridgehead atoms. The van der Waals surface area contributed by atoms with E-state index >= 15 is 0 Å². The van der Waals surface area contributed by atoms with E-state index < -0.39 is 0 Å². The van der Waals surface area contributed by atoms with E-state index in [4.69, 9.17) is 9.47 Å². The highest BCUT2D eigenvalue weighted by atomic mass is 32.2. The topological polar surface area (TPSA) is 89.0 Å². The Labute approximate surface area is 193 Å². The zero-order valence-corrected chi connectivity index (χ0v) is 19.0. The normalized spacial score (nSPS) is 15.6. The van der Waals surface area contributed by atoms with Gasteiger partial charge < -0.3 is 14.8 Å². The largest absolute Gasteiger partial charge is 0.484 e. The molecule has 1 aliphatic rings. The predicted molar refractivity (Wildman–Crippen MR) is 126 cm³/mol. The second kappa shape index (κ2) is 12.9. The molecular formula is C24H29N3O4S. The molecular weight excluding hydrogens is 426 g/mol. The number of rotatable bonds is 11. The Hall–Kier alpha value is -2.84. The number of carbonyl (C=O) groups is 2. The van der Waals surface area contributed by atoms with E-state index in [2.05, 4.69) is 40.1 Å². The fraction of sp³-hybridized carbons (Fsp3) is 0.375. The van der Waals surface area contributed by atoms with E-state index in [0.717, 1.165) is 29.9 Å². The number of hydrogen-bond acceptors (Lipinski definition) is 6. The average Bonchev–Trinajstić information content (AvgIpc) is 3.32. The van der Waals surface area contributed by atoms with Gasteiger partial charge in [-0.25, -0.2) is 5.43 Å². The Morgan fingerprint density at radius 2 is 1.94 bits per heavy atom. The second-order valence-electron chi connectivity index (χ2n) is 7.50. The van der Waals surface area contributed by atoms with Crippen LogP contribution in [0.1, 0.15) is 30.4 Å². The Morgan fingerprint density at radius 3 is 2.66 bits per heavy atom. The fourth-order valence-corrected chi connectivity index (χ4v) is 3.87. The lowest BCUT2D eigenvalue weighted by Crippen LogP contribution is -2.35. The third-order valence-corrected chi connectivity index (χ3v) is 5.84. The monoisotopic (exact) mass is 455 g/mol. The van der Waals surface area contributed by atoms with Crippen molar-refractivity contribution in [2.75, 3.05) is 25.5 Å². The van der Waals surface area contributed by atoms with Crippen molar-refractivity contribution in [2.24, 2.45) is 5.10 Å². The number of aryl methyl sites for hydroxylation is 1. The maximum Gasteiger partial charge on any atom is 0.258 e. The summed E-state index contributed by atoms with van der Waals surface area (Å²) in [6.45, 7) is 3.29. The number of hydrogen-bond donors (Lipinski definition) is 2. The Bertz CT molecular complexity index is 894. The van der Waals surface area contributed by atoms with Gasteiger partial charge in [0.15, 0.2) is 6.61 Å². The smallest absolute Gasteiger partial charge is 0.258 e. The number of carbonyl (C=O) groups excluding carboxylic acids is 2. The van der Waals surface area contributed by atoms with Crippen LogP contribution in [0, 0.1) is 6.92 Å². The molecule has 2 aromatic rings. The molecule has 0 aliphatic carbocycles. The van der Waals surface area contributed by atoms with Gasteiger partial charge in [-0.2, -0.15) is 5.10 Å². The Kier molecular flexibility index (Phi) is 9.59. The van der Waals surface area contributed by atoms with E-state index in [1.165, 1.54) is 5.56 Å². The molecule has 8 heteroatoms. The van der Waals surface area contributed by atoms with Gasteiger partial charge in [-0.1, -0.05) is 17.7 Å². The van der Waals surface area contributed by atoms with Crippen molar-refractivity contribution >= 4 is 29.8 Å². The van der Waals surface area contributed by atoms with Gasteiger partial charge in [0.25, 0.3) is 5.91 Å². The summed E-state index contributed by atoms with van der Waals surface area (Å²) in [7, 11) is 0. The Balaban J connectivity index is 1.30. The van der Waals surface area contributed by atoms with Crippen LogP contribution in [0.2, 0.25) is 0 Å². The van der Waals surface area contributed by atoms with E-state index in [1.807, 2.05) is 19.1 Å². The molecule has 0 unspecified atom stereocenters. The SMILES string of the molecule is Cc1ccc(SCCC(=O)N/N=C\c2ccc(OCC(=O)NC[C@H]3CCCO3)cc2)cc1. The third-order valence-electron chi connectivity index (χ3n) is 4.82. The molecule has 1 aliphatic heterocycles. The van der Waals surface area contributed by atoms with E-state index in [1.54, 1.807) is 30.1 Å². The third kappa shape index (κ3) is 8.72. The first-order valence-electron chi connectivity index (χ1n) is 10.7. The number of ether oxygens (including phenoxy) is 2. The number of hydrazone groups is 1. The van der Waals surface area contributed by atoms with Crippen LogP contribution >= 0.6 is 11.8 Å². The highest BCUT2D eigenvalue weighted by Crippen LogP contribution is 2.19. The molecule has 1 atom stereocenters. The zero-order valence-electron chi connectivity index (χ0n) is 18.2. The van der Waals surface area contributed by atoms with Gasteiger partial charge >= 0.3 is 0 Å². The van der Waals surface area contributed by atoms with Crippen molar-refractivity contribution < 1.29 is 19.1 Å². The van der Waals surface area contributed by atoms with Gasteiger partial charge in [-0.15, -0.1) is 11.8 Å². The summed E-state index contributed by atoms with van der Waals surface area (Å²) in [5.41, 5.74) is 4.57. The quantitative estimate of drug-likeness (QED) is 0.308. The van der Waals surface area contributed by atoms with E-state index in [0.29, 0.717) is 24.5 Å². The van der Waals surface area contributed by atoms with Gasteiger partial charge in [0.1, 0.15) is 5.75 Å². The molecule has 1 fully saturated rings. The molecule has 170 valence electrons. The molecule has 1 heterocycles. The van der Waals surface area contributed by atoms with Gasteiger partial charge in [-0.3, -0.25) is 9.59 Å². The van der Waals surface area contributed by atoms with Crippen molar-refractivity contribution in [3.05, 3.63) is 59.7 Å². The van der Waals surface area contributed by atoms with Crippen molar-refractivity contribution in [3.63, 3.8) is 0 Å². The first-order valence-corrected chi connectivity index (χ1v) is 11.7. The minimum atomic E-state index is -0.172. The molecule has 2 aromatic carbocycles. The molecule has 3 rings (SSSR count). The minimum Gasteiger partial charge on any atom is -0.484 e. The molecule has 7 nitrogen and oxygen atoms in total. The summed E-state index contributed by atoms with van der Waals surface area (Å²) >= 11 is 1.64. The zero-order chi connectivity index (χ0) is 22.6. The first-order chi connectivity index (χ1) is 15.6.